The lowest BCUT2D eigenvalue weighted by molar-refractivity contribution is 0.0649. The number of rotatable bonds is 7. The van der Waals surface area contributed by atoms with E-state index in [4.69, 9.17) is 15.3 Å². The molecule has 0 spiro atoms. The van der Waals surface area contributed by atoms with Crippen molar-refractivity contribution in [2.45, 2.75) is 32.4 Å². The summed E-state index contributed by atoms with van der Waals surface area (Å²) in [5.41, 5.74) is 3.73. The van der Waals surface area contributed by atoms with Crippen LogP contribution >= 0.6 is 0 Å². The van der Waals surface area contributed by atoms with Crippen molar-refractivity contribution in [3.8, 4) is 5.75 Å². The molecule has 96 valence electrons. The first-order chi connectivity index (χ1) is 8.26. The Kier molecular flexibility index (Phi) is 5.90. The molecule has 17 heavy (non-hydrogen) atoms. The normalized spacial score (nSPS) is 14.4. The van der Waals surface area contributed by atoms with Gasteiger partial charge in [-0.1, -0.05) is 6.92 Å². The summed E-state index contributed by atoms with van der Waals surface area (Å²) in [7, 11) is 1.68. The SMILES string of the molecule is CCOc1cncc(C(NN)C(CC)OC)c1. The van der Waals surface area contributed by atoms with E-state index in [2.05, 4.69) is 17.3 Å². The lowest BCUT2D eigenvalue weighted by atomic mass is 10.0. The molecule has 3 N–H and O–H groups in total. The Bertz CT molecular complexity index is 329. The van der Waals surface area contributed by atoms with Crippen LogP contribution in [0.5, 0.6) is 5.75 Å². The second-order valence-electron chi connectivity index (χ2n) is 3.71. The van der Waals surface area contributed by atoms with Crippen molar-refractivity contribution >= 4 is 0 Å². The van der Waals surface area contributed by atoms with Gasteiger partial charge in [-0.2, -0.15) is 0 Å². The van der Waals surface area contributed by atoms with Crippen LogP contribution in [0.25, 0.3) is 0 Å². The number of hydrazine groups is 1. The average molecular weight is 239 g/mol. The van der Waals surface area contributed by atoms with Gasteiger partial charge in [-0.3, -0.25) is 16.3 Å². The molecule has 0 saturated heterocycles. The highest BCUT2D eigenvalue weighted by Crippen LogP contribution is 2.23. The molecule has 2 unspecified atom stereocenters. The molecule has 5 heteroatoms. The monoisotopic (exact) mass is 239 g/mol. The molecule has 0 fully saturated rings. The smallest absolute Gasteiger partial charge is 0.137 e. The van der Waals surface area contributed by atoms with Gasteiger partial charge >= 0.3 is 0 Å². The van der Waals surface area contributed by atoms with E-state index in [1.165, 1.54) is 0 Å². The predicted molar refractivity (Wildman–Crippen MR) is 66.6 cm³/mol. The third-order valence-corrected chi connectivity index (χ3v) is 2.66. The molecule has 1 aromatic heterocycles. The Labute approximate surface area is 102 Å². The van der Waals surface area contributed by atoms with Crippen LogP contribution in [0.2, 0.25) is 0 Å². The second kappa shape index (κ2) is 7.21. The van der Waals surface area contributed by atoms with Crippen LogP contribution in [0.15, 0.2) is 18.5 Å². The number of nitrogens with one attached hydrogen (secondary N) is 1. The highest BCUT2D eigenvalue weighted by atomic mass is 16.5. The highest BCUT2D eigenvalue weighted by Gasteiger charge is 2.20. The minimum absolute atomic E-state index is 0.0127. The van der Waals surface area contributed by atoms with E-state index in [1.807, 2.05) is 13.0 Å². The number of hydrogen-bond donors (Lipinski definition) is 2. The van der Waals surface area contributed by atoms with Crippen molar-refractivity contribution in [2.75, 3.05) is 13.7 Å². The Balaban J connectivity index is 2.90. The zero-order valence-corrected chi connectivity index (χ0v) is 10.6. The summed E-state index contributed by atoms with van der Waals surface area (Å²) in [5, 5.41) is 0. The summed E-state index contributed by atoms with van der Waals surface area (Å²) in [6.45, 7) is 4.61. The molecule has 0 aromatic carbocycles. The molecule has 0 saturated carbocycles. The van der Waals surface area contributed by atoms with Gasteiger partial charge in [0.15, 0.2) is 0 Å². The van der Waals surface area contributed by atoms with Gasteiger partial charge in [0.25, 0.3) is 0 Å². The molecule has 0 aliphatic carbocycles. The van der Waals surface area contributed by atoms with E-state index in [-0.39, 0.29) is 12.1 Å². The number of nitrogens with two attached hydrogens (primary N) is 1. The molecule has 2 atom stereocenters. The molecule has 0 amide bonds. The molecule has 5 nitrogen and oxygen atoms in total. The number of methoxy groups -OCH3 is 1. The van der Waals surface area contributed by atoms with Crippen LogP contribution in [-0.4, -0.2) is 24.8 Å². The van der Waals surface area contributed by atoms with Crippen molar-refractivity contribution in [3.05, 3.63) is 24.0 Å². The standard InChI is InChI=1S/C12H21N3O2/c1-4-11(16-3)12(15-13)9-6-10(17-5-2)8-14-7-9/h6-8,11-12,15H,4-5,13H2,1-3H3. The van der Waals surface area contributed by atoms with E-state index < -0.39 is 0 Å². The van der Waals surface area contributed by atoms with Gasteiger partial charge in [-0.05, 0) is 25.0 Å². The Morgan fingerprint density at radius 3 is 2.71 bits per heavy atom. The van der Waals surface area contributed by atoms with Gasteiger partial charge in [0.1, 0.15) is 5.75 Å². The van der Waals surface area contributed by atoms with E-state index in [1.54, 1.807) is 19.5 Å². The van der Waals surface area contributed by atoms with E-state index in [0.717, 1.165) is 17.7 Å². The van der Waals surface area contributed by atoms with Gasteiger partial charge in [0.05, 0.1) is 24.9 Å². The third kappa shape index (κ3) is 3.66. The molecule has 0 aliphatic rings. The number of pyridine rings is 1. The number of nitrogens with zero attached hydrogens (tertiary/aromatic N) is 1. The van der Waals surface area contributed by atoms with Crippen molar-refractivity contribution in [1.29, 1.82) is 0 Å². The van der Waals surface area contributed by atoms with Crippen LogP contribution in [0.4, 0.5) is 0 Å². The molecule has 0 bridgehead atoms. The van der Waals surface area contributed by atoms with Crippen LogP contribution in [0.1, 0.15) is 31.9 Å². The maximum Gasteiger partial charge on any atom is 0.137 e. The Morgan fingerprint density at radius 1 is 1.41 bits per heavy atom. The Morgan fingerprint density at radius 2 is 2.18 bits per heavy atom. The fourth-order valence-electron chi connectivity index (χ4n) is 1.81. The first kappa shape index (κ1) is 13.9. The average Bonchev–Trinajstić information content (AvgIpc) is 2.36. The quantitative estimate of drug-likeness (QED) is 0.556. The largest absolute Gasteiger partial charge is 0.492 e. The molecule has 0 radical (unpaired) electrons. The van der Waals surface area contributed by atoms with Gasteiger partial charge < -0.3 is 9.47 Å². The minimum Gasteiger partial charge on any atom is -0.492 e. The van der Waals surface area contributed by atoms with Crippen molar-refractivity contribution in [2.24, 2.45) is 5.84 Å². The molecular formula is C12H21N3O2. The Hall–Kier alpha value is -1.17. The molecule has 1 rings (SSSR count). The fourth-order valence-corrected chi connectivity index (χ4v) is 1.81. The molecule has 0 aliphatic heterocycles. The van der Waals surface area contributed by atoms with Crippen LogP contribution in [0, 0.1) is 0 Å². The minimum atomic E-state index is -0.0853. The number of hydrogen-bond acceptors (Lipinski definition) is 5. The van der Waals surface area contributed by atoms with Gasteiger partial charge in [-0.15, -0.1) is 0 Å². The lowest BCUT2D eigenvalue weighted by Crippen LogP contribution is -2.37. The first-order valence-electron chi connectivity index (χ1n) is 5.83. The first-order valence-corrected chi connectivity index (χ1v) is 5.83. The van der Waals surface area contributed by atoms with Crippen molar-refractivity contribution in [1.82, 2.24) is 10.4 Å². The summed E-state index contributed by atoms with van der Waals surface area (Å²) in [6, 6.07) is 1.85. The summed E-state index contributed by atoms with van der Waals surface area (Å²) in [5.74, 6) is 6.33. The summed E-state index contributed by atoms with van der Waals surface area (Å²) in [4.78, 5) is 4.15. The third-order valence-electron chi connectivity index (χ3n) is 2.66. The lowest BCUT2D eigenvalue weighted by Gasteiger charge is -2.24. The van der Waals surface area contributed by atoms with Crippen LogP contribution in [0.3, 0.4) is 0 Å². The van der Waals surface area contributed by atoms with Crippen molar-refractivity contribution < 1.29 is 9.47 Å². The predicted octanol–water partition coefficient (Wildman–Crippen LogP) is 1.41. The second-order valence-corrected chi connectivity index (χ2v) is 3.71. The van der Waals surface area contributed by atoms with E-state index >= 15 is 0 Å². The topological polar surface area (TPSA) is 69.4 Å². The fraction of sp³-hybridized carbons (Fsp3) is 0.583. The summed E-state index contributed by atoms with van der Waals surface area (Å²) < 4.78 is 10.8. The molecule has 1 aromatic rings. The summed E-state index contributed by atoms with van der Waals surface area (Å²) >= 11 is 0. The molecule has 1 heterocycles. The van der Waals surface area contributed by atoms with Crippen LogP contribution in [-0.2, 0) is 4.74 Å². The van der Waals surface area contributed by atoms with Gasteiger partial charge in [0.2, 0.25) is 0 Å². The number of ether oxygens (including phenoxy) is 2. The zero-order valence-electron chi connectivity index (χ0n) is 10.6. The maximum absolute atomic E-state index is 5.58. The van der Waals surface area contributed by atoms with E-state index in [0.29, 0.717) is 6.61 Å². The summed E-state index contributed by atoms with van der Waals surface area (Å²) in [6.07, 6.45) is 4.34. The maximum atomic E-state index is 5.58. The van der Waals surface area contributed by atoms with Gasteiger partial charge in [0, 0.05) is 13.3 Å². The van der Waals surface area contributed by atoms with Gasteiger partial charge in [-0.25, -0.2) is 0 Å². The highest BCUT2D eigenvalue weighted by molar-refractivity contribution is 5.26. The number of aromatic nitrogens is 1. The molecular weight excluding hydrogens is 218 g/mol. The van der Waals surface area contributed by atoms with Crippen LogP contribution < -0.4 is 16.0 Å². The van der Waals surface area contributed by atoms with E-state index in [9.17, 15) is 0 Å². The zero-order chi connectivity index (χ0) is 12.7. The van der Waals surface area contributed by atoms with Crippen molar-refractivity contribution in [3.63, 3.8) is 0 Å².